The van der Waals surface area contributed by atoms with Gasteiger partial charge in [0.25, 0.3) is 0 Å². The lowest BCUT2D eigenvalue weighted by atomic mass is 9.99. The summed E-state index contributed by atoms with van der Waals surface area (Å²) in [5.74, 6) is 1.85. The number of aliphatic hydroxyl groups excluding tert-OH is 2. The second-order valence-electron chi connectivity index (χ2n) is 6.19. The molecule has 0 spiro atoms. The highest BCUT2D eigenvalue weighted by Crippen LogP contribution is 2.24. The van der Waals surface area contributed by atoms with Crippen LogP contribution in [0.25, 0.3) is 0 Å². The average Bonchev–Trinajstić information content (AvgIpc) is 2.67. The molecule has 128 valence electrons. The number of aliphatic hydroxyl groups is 2. The van der Waals surface area contributed by atoms with E-state index in [1.165, 1.54) is 0 Å². The maximum Gasteiger partial charge on any atom is 0.134 e. The molecule has 6 heteroatoms. The Morgan fingerprint density at radius 1 is 1.21 bits per heavy atom. The lowest BCUT2D eigenvalue weighted by molar-refractivity contribution is 0.208. The molecule has 6 nitrogen and oxygen atoms in total. The van der Waals surface area contributed by atoms with Crippen molar-refractivity contribution in [2.75, 3.05) is 36.5 Å². The lowest BCUT2D eigenvalue weighted by Gasteiger charge is -2.32. The number of benzene rings is 1. The predicted octanol–water partition coefficient (Wildman–Crippen LogP) is 1.83. The summed E-state index contributed by atoms with van der Waals surface area (Å²) in [6.45, 7) is 1.96. The smallest absolute Gasteiger partial charge is 0.134 e. The van der Waals surface area contributed by atoms with E-state index in [9.17, 15) is 10.2 Å². The maximum atomic E-state index is 9.68. The minimum atomic E-state index is -0.208. The largest absolute Gasteiger partial charge is 0.396 e. The lowest BCUT2D eigenvalue weighted by Crippen LogP contribution is -2.37. The summed E-state index contributed by atoms with van der Waals surface area (Å²) in [5, 5.41) is 22.3. The zero-order valence-electron chi connectivity index (χ0n) is 13.7. The van der Waals surface area contributed by atoms with Gasteiger partial charge in [-0.3, -0.25) is 0 Å². The van der Waals surface area contributed by atoms with Gasteiger partial charge in [-0.05, 0) is 24.3 Å². The minimum Gasteiger partial charge on any atom is -0.396 e. The Hall–Kier alpha value is -2.18. The van der Waals surface area contributed by atoms with Crippen LogP contribution in [0.2, 0.25) is 0 Å². The SMILES string of the molecule is OCC1CCCN(c2cc(NC(CO)c3ccccc3)ncn2)C1. The number of hydrogen-bond donors (Lipinski definition) is 3. The average molecular weight is 328 g/mol. The molecule has 0 aliphatic carbocycles. The van der Waals surface area contributed by atoms with Crippen molar-refractivity contribution < 1.29 is 10.2 Å². The van der Waals surface area contributed by atoms with Crippen LogP contribution in [-0.2, 0) is 0 Å². The van der Waals surface area contributed by atoms with Crippen LogP contribution in [0.4, 0.5) is 11.6 Å². The van der Waals surface area contributed by atoms with Crippen LogP contribution < -0.4 is 10.2 Å². The first kappa shape index (κ1) is 16.7. The van der Waals surface area contributed by atoms with Crippen LogP contribution in [0.5, 0.6) is 0 Å². The van der Waals surface area contributed by atoms with Gasteiger partial charge in [-0.2, -0.15) is 0 Å². The third-order valence-electron chi connectivity index (χ3n) is 4.46. The van der Waals surface area contributed by atoms with Crippen molar-refractivity contribution in [1.82, 2.24) is 9.97 Å². The number of hydrogen-bond acceptors (Lipinski definition) is 6. The van der Waals surface area contributed by atoms with Gasteiger partial charge in [0.05, 0.1) is 12.6 Å². The highest BCUT2D eigenvalue weighted by atomic mass is 16.3. The Kier molecular flexibility index (Phi) is 5.61. The van der Waals surface area contributed by atoms with Crippen molar-refractivity contribution in [2.24, 2.45) is 5.92 Å². The summed E-state index contributed by atoms with van der Waals surface area (Å²) >= 11 is 0. The first-order valence-electron chi connectivity index (χ1n) is 8.40. The van der Waals surface area contributed by atoms with Crippen molar-refractivity contribution >= 4 is 11.6 Å². The van der Waals surface area contributed by atoms with Gasteiger partial charge < -0.3 is 20.4 Å². The zero-order valence-corrected chi connectivity index (χ0v) is 13.7. The summed E-state index contributed by atoms with van der Waals surface area (Å²) in [6.07, 6.45) is 3.66. The number of nitrogens with zero attached hydrogens (tertiary/aromatic N) is 3. The van der Waals surface area contributed by atoms with Gasteiger partial charge in [-0.1, -0.05) is 30.3 Å². The van der Waals surface area contributed by atoms with E-state index in [4.69, 9.17) is 0 Å². The Bertz CT molecular complexity index is 638. The van der Waals surface area contributed by atoms with Gasteiger partial charge in [0, 0.05) is 25.8 Å². The Labute approximate surface area is 142 Å². The summed E-state index contributed by atoms with van der Waals surface area (Å²) in [6, 6.07) is 11.5. The fourth-order valence-electron chi connectivity index (χ4n) is 3.12. The maximum absolute atomic E-state index is 9.68. The monoisotopic (exact) mass is 328 g/mol. The molecular formula is C18H24N4O2. The van der Waals surface area contributed by atoms with E-state index >= 15 is 0 Å². The van der Waals surface area contributed by atoms with E-state index in [0.29, 0.717) is 11.7 Å². The normalized spacial score (nSPS) is 19.1. The van der Waals surface area contributed by atoms with E-state index < -0.39 is 0 Å². The quantitative estimate of drug-likeness (QED) is 0.750. The Balaban J connectivity index is 1.73. The molecule has 1 saturated heterocycles. The molecule has 1 aliphatic heterocycles. The second kappa shape index (κ2) is 8.08. The Morgan fingerprint density at radius 2 is 2.04 bits per heavy atom. The molecule has 2 aromatic rings. The molecule has 3 rings (SSSR count). The molecular weight excluding hydrogens is 304 g/mol. The summed E-state index contributed by atoms with van der Waals surface area (Å²) in [5.41, 5.74) is 1.01. The highest BCUT2D eigenvalue weighted by Gasteiger charge is 2.21. The van der Waals surface area contributed by atoms with E-state index in [2.05, 4.69) is 20.2 Å². The highest BCUT2D eigenvalue weighted by molar-refractivity contribution is 5.50. The van der Waals surface area contributed by atoms with Gasteiger partial charge in [-0.15, -0.1) is 0 Å². The van der Waals surface area contributed by atoms with Crippen LogP contribution in [0, 0.1) is 5.92 Å². The Morgan fingerprint density at radius 3 is 2.79 bits per heavy atom. The molecule has 0 radical (unpaired) electrons. The third kappa shape index (κ3) is 4.01. The molecule has 2 heterocycles. The fourth-order valence-corrected chi connectivity index (χ4v) is 3.12. The minimum absolute atomic E-state index is 0.0142. The van der Waals surface area contributed by atoms with Gasteiger partial charge in [0.1, 0.15) is 18.0 Å². The van der Waals surface area contributed by atoms with Crippen molar-refractivity contribution in [3.8, 4) is 0 Å². The van der Waals surface area contributed by atoms with Crippen LogP contribution in [0.3, 0.4) is 0 Å². The first-order valence-corrected chi connectivity index (χ1v) is 8.40. The first-order chi connectivity index (χ1) is 11.8. The molecule has 3 N–H and O–H groups in total. The molecule has 1 fully saturated rings. The zero-order chi connectivity index (χ0) is 16.8. The molecule has 1 aromatic heterocycles. The molecule has 0 bridgehead atoms. The van der Waals surface area contributed by atoms with Gasteiger partial charge in [0.2, 0.25) is 0 Å². The molecule has 0 amide bonds. The van der Waals surface area contributed by atoms with E-state index in [1.807, 2.05) is 36.4 Å². The van der Waals surface area contributed by atoms with E-state index in [-0.39, 0.29) is 19.3 Å². The van der Waals surface area contributed by atoms with Crippen LogP contribution in [0.1, 0.15) is 24.4 Å². The van der Waals surface area contributed by atoms with Crippen LogP contribution >= 0.6 is 0 Å². The number of aromatic nitrogens is 2. The second-order valence-corrected chi connectivity index (χ2v) is 6.19. The van der Waals surface area contributed by atoms with Crippen molar-refractivity contribution in [1.29, 1.82) is 0 Å². The van der Waals surface area contributed by atoms with Gasteiger partial charge in [-0.25, -0.2) is 9.97 Å². The predicted molar refractivity (Wildman–Crippen MR) is 93.9 cm³/mol. The summed E-state index contributed by atoms with van der Waals surface area (Å²) < 4.78 is 0. The molecule has 1 aromatic carbocycles. The van der Waals surface area contributed by atoms with Crippen LogP contribution in [-0.4, -0.2) is 46.5 Å². The molecule has 2 atom stereocenters. The van der Waals surface area contributed by atoms with Crippen molar-refractivity contribution in [3.05, 3.63) is 48.3 Å². The fraction of sp³-hybridized carbons (Fsp3) is 0.444. The molecule has 1 aliphatic rings. The summed E-state index contributed by atoms with van der Waals surface area (Å²) in [4.78, 5) is 10.8. The van der Waals surface area contributed by atoms with Crippen LogP contribution in [0.15, 0.2) is 42.7 Å². The topological polar surface area (TPSA) is 81.5 Å². The van der Waals surface area contributed by atoms with Crippen molar-refractivity contribution in [2.45, 2.75) is 18.9 Å². The molecule has 2 unspecified atom stereocenters. The number of piperidine rings is 1. The molecule has 24 heavy (non-hydrogen) atoms. The van der Waals surface area contributed by atoms with E-state index in [1.54, 1.807) is 6.33 Å². The number of nitrogens with one attached hydrogen (secondary N) is 1. The van der Waals surface area contributed by atoms with Gasteiger partial charge in [0.15, 0.2) is 0 Å². The van der Waals surface area contributed by atoms with Gasteiger partial charge >= 0.3 is 0 Å². The number of anilines is 2. The van der Waals surface area contributed by atoms with E-state index in [0.717, 1.165) is 37.3 Å². The number of rotatable bonds is 6. The van der Waals surface area contributed by atoms with Crippen molar-refractivity contribution in [3.63, 3.8) is 0 Å². The summed E-state index contributed by atoms with van der Waals surface area (Å²) in [7, 11) is 0. The third-order valence-corrected chi connectivity index (χ3v) is 4.46. The molecule has 0 saturated carbocycles. The standard InChI is InChI=1S/C18H24N4O2/c23-11-14-5-4-8-22(10-14)18-9-17(19-13-20-18)21-16(12-24)15-6-2-1-3-7-15/h1-3,6-7,9,13-14,16,23-24H,4-5,8,10-12H2,(H,19,20,21).